The molecule has 1 aromatic carbocycles. The van der Waals surface area contributed by atoms with Crippen LogP contribution in [0.5, 0.6) is 0 Å². The van der Waals surface area contributed by atoms with E-state index in [0.717, 1.165) is 29.9 Å². The van der Waals surface area contributed by atoms with Gasteiger partial charge >= 0.3 is 0 Å². The number of rotatable bonds is 8. The van der Waals surface area contributed by atoms with Crippen LogP contribution in [0.1, 0.15) is 74.7 Å². The molecule has 4 N–H and O–H groups in total. The molecule has 2 heterocycles. The number of anilines is 1. The summed E-state index contributed by atoms with van der Waals surface area (Å²) in [7, 11) is 0. The molecule has 0 aliphatic carbocycles. The normalized spacial score (nSPS) is 20.6. The van der Waals surface area contributed by atoms with Crippen LogP contribution < -0.4 is 16.4 Å². The Labute approximate surface area is 186 Å². The number of aromatic nitrogens is 1. The van der Waals surface area contributed by atoms with E-state index in [1.807, 2.05) is 42.6 Å². The van der Waals surface area contributed by atoms with Crippen molar-refractivity contribution in [1.82, 2.24) is 15.2 Å². The number of amides is 1. The Morgan fingerprint density at radius 2 is 1.94 bits per heavy atom. The molecule has 3 rings (SSSR count). The highest BCUT2D eigenvalue weighted by atomic mass is 16.1. The summed E-state index contributed by atoms with van der Waals surface area (Å²) in [6.07, 6.45) is 2.74. The van der Waals surface area contributed by atoms with Gasteiger partial charge in [0.1, 0.15) is 0 Å². The van der Waals surface area contributed by atoms with Gasteiger partial charge in [0.25, 0.3) is 5.91 Å². The Balaban J connectivity index is 1.73. The molecule has 168 valence electrons. The van der Waals surface area contributed by atoms with E-state index in [0.29, 0.717) is 24.2 Å². The molecular weight excluding hydrogens is 386 g/mol. The molecule has 1 aromatic heterocycles. The summed E-state index contributed by atoms with van der Waals surface area (Å²) >= 11 is 0. The highest BCUT2D eigenvalue weighted by Crippen LogP contribution is 2.43. The Kier molecular flexibility index (Phi) is 7.68. The maximum Gasteiger partial charge on any atom is 0.251 e. The number of hydrogen-bond donors (Lipinski definition) is 3. The molecular formula is C25H37N5O. The van der Waals surface area contributed by atoms with Crippen LogP contribution in [0.25, 0.3) is 0 Å². The molecule has 0 fully saturated rings. The summed E-state index contributed by atoms with van der Waals surface area (Å²) in [5.41, 5.74) is 10.3. The summed E-state index contributed by atoms with van der Waals surface area (Å²) in [4.78, 5) is 19.7. The van der Waals surface area contributed by atoms with Crippen molar-refractivity contribution in [3.05, 3.63) is 59.4 Å². The van der Waals surface area contributed by atoms with Gasteiger partial charge in [-0.2, -0.15) is 0 Å². The number of carbonyl (C=O) groups is 1. The zero-order valence-electron chi connectivity index (χ0n) is 19.4. The SMILES string of the molecule is CCC1C(N)c2cc(C(=O)NCCN(C(C)C)C(C)C)ccc2NC1c1ccccn1. The first-order valence-corrected chi connectivity index (χ1v) is 11.4. The van der Waals surface area contributed by atoms with Crippen molar-refractivity contribution in [2.45, 2.75) is 65.2 Å². The molecule has 0 radical (unpaired) electrons. The van der Waals surface area contributed by atoms with Gasteiger partial charge in [0, 0.05) is 54.6 Å². The minimum absolute atomic E-state index is 0.0534. The standard InChI is InChI=1S/C25H37N5O/c1-6-19-23(26)20-15-18(25(31)28-13-14-30(16(2)3)17(4)5)10-11-21(20)29-24(19)22-9-7-8-12-27-22/h7-12,15-17,19,23-24,29H,6,13-14,26H2,1-5H3,(H,28,31). The predicted molar refractivity (Wildman–Crippen MR) is 127 cm³/mol. The number of nitrogens with two attached hydrogens (primary N) is 1. The van der Waals surface area contributed by atoms with Crippen molar-refractivity contribution < 1.29 is 4.79 Å². The summed E-state index contributed by atoms with van der Waals surface area (Å²) in [6.45, 7) is 12.3. The maximum absolute atomic E-state index is 12.8. The van der Waals surface area contributed by atoms with E-state index in [-0.39, 0.29) is 23.9 Å². The molecule has 31 heavy (non-hydrogen) atoms. The van der Waals surface area contributed by atoms with Crippen LogP contribution in [0.2, 0.25) is 0 Å². The van der Waals surface area contributed by atoms with Crippen molar-refractivity contribution in [3.8, 4) is 0 Å². The van der Waals surface area contributed by atoms with Crippen LogP contribution >= 0.6 is 0 Å². The number of nitrogens with zero attached hydrogens (tertiary/aromatic N) is 2. The van der Waals surface area contributed by atoms with Gasteiger partial charge in [-0.05, 0) is 70.0 Å². The lowest BCUT2D eigenvalue weighted by Gasteiger charge is -2.38. The molecule has 6 nitrogen and oxygen atoms in total. The second-order valence-electron chi connectivity index (χ2n) is 8.96. The largest absolute Gasteiger partial charge is 0.376 e. The number of hydrogen-bond acceptors (Lipinski definition) is 5. The smallest absolute Gasteiger partial charge is 0.251 e. The molecule has 0 saturated heterocycles. The second kappa shape index (κ2) is 10.2. The minimum atomic E-state index is -0.154. The Hall–Kier alpha value is -2.44. The molecule has 0 bridgehead atoms. The molecule has 0 saturated carbocycles. The van der Waals surface area contributed by atoms with Crippen molar-refractivity contribution in [2.24, 2.45) is 11.7 Å². The van der Waals surface area contributed by atoms with Gasteiger partial charge in [-0.1, -0.05) is 13.0 Å². The van der Waals surface area contributed by atoms with Crippen LogP contribution in [0.15, 0.2) is 42.6 Å². The van der Waals surface area contributed by atoms with Crippen molar-refractivity contribution in [3.63, 3.8) is 0 Å². The van der Waals surface area contributed by atoms with E-state index in [9.17, 15) is 4.79 Å². The van der Waals surface area contributed by atoms with Crippen molar-refractivity contribution in [1.29, 1.82) is 0 Å². The first kappa shape index (κ1) is 23.2. The third kappa shape index (κ3) is 5.25. The Morgan fingerprint density at radius 3 is 2.55 bits per heavy atom. The van der Waals surface area contributed by atoms with Gasteiger partial charge in [-0.3, -0.25) is 14.7 Å². The molecule has 1 amide bonds. The molecule has 1 aliphatic rings. The summed E-state index contributed by atoms with van der Waals surface area (Å²) < 4.78 is 0. The van der Waals surface area contributed by atoms with Gasteiger partial charge in [0.05, 0.1) is 11.7 Å². The van der Waals surface area contributed by atoms with Gasteiger partial charge in [0.2, 0.25) is 0 Å². The molecule has 0 spiro atoms. The third-order valence-electron chi connectivity index (χ3n) is 6.33. The van der Waals surface area contributed by atoms with E-state index in [2.05, 4.69) is 55.1 Å². The third-order valence-corrected chi connectivity index (χ3v) is 6.33. The topological polar surface area (TPSA) is 83.3 Å². The number of pyridine rings is 1. The van der Waals surface area contributed by atoms with E-state index in [1.165, 1.54) is 0 Å². The fourth-order valence-corrected chi connectivity index (χ4v) is 4.68. The number of fused-ring (bicyclic) bond motifs is 1. The molecule has 1 aliphatic heterocycles. The van der Waals surface area contributed by atoms with E-state index in [1.54, 1.807) is 0 Å². The van der Waals surface area contributed by atoms with E-state index < -0.39 is 0 Å². The van der Waals surface area contributed by atoms with E-state index in [4.69, 9.17) is 5.73 Å². The Morgan fingerprint density at radius 1 is 1.19 bits per heavy atom. The summed E-state index contributed by atoms with van der Waals surface area (Å²) in [5, 5.41) is 6.68. The quantitative estimate of drug-likeness (QED) is 0.595. The van der Waals surface area contributed by atoms with Crippen molar-refractivity contribution >= 4 is 11.6 Å². The predicted octanol–water partition coefficient (Wildman–Crippen LogP) is 4.12. The molecule has 6 heteroatoms. The van der Waals surface area contributed by atoms with Crippen molar-refractivity contribution in [2.75, 3.05) is 18.4 Å². The molecule has 3 unspecified atom stereocenters. The average molecular weight is 424 g/mol. The highest BCUT2D eigenvalue weighted by molar-refractivity contribution is 5.95. The van der Waals surface area contributed by atoms with Gasteiger partial charge in [0.15, 0.2) is 0 Å². The first-order chi connectivity index (χ1) is 14.8. The Bertz CT molecular complexity index is 859. The monoisotopic (exact) mass is 423 g/mol. The number of carbonyl (C=O) groups excluding carboxylic acids is 1. The first-order valence-electron chi connectivity index (χ1n) is 11.4. The minimum Gasteiger partial charge on any atom is -0.376 e. The molecule has 2 aromatic rings. The number of nitrogens with one attached hydrogen (secondary N) is 2. The fraction of sp³-hybridized carbons (Fsp3) is 0.520. The van der Waals surface area contributed by atoms with Crippen LogP contribution in [0.3, 0.4) is 0 Å². The van der Waals surface area contributed by atoms with Crippen LogP contribution in [0.4, 0.5) is 5.69 Å². The lowest BCUT2D eigenvalue weighted by molar-refractivity contribution is 0.0939. The van der Waals surface area contributed by atoms with Crippen LogP contribution in [-0.2, 0) is 0 Å². The zero-order valence-corrected chi connectivity index (χ0v) is 19.4. The van der Waals surface area contributed by atoms with Gasteiger partial charge in [-0.15, -0.1) is 0 Å². The number of benzene rings is 1. The van der Waals surface area contributed by atoms with Crippen LogP contribution in [0, 0.1) is 5.92 Å². The summed E-state index contributed by atoms with van der Waals surface area (Å²) in [5.74, 6) is 0.147. The lowest BCUT2D eigenvalue weighted by atomic mass is 9.79. The van der Waals surface area contributed by atoms with Crippen LogP contribution in [-0.4, -0.2) is 41.0 Å². The van der Waals surface area contributed by atoms with Gasteiger partial charge in [-0.25, -0.2) is 0 Å². The molecule has 3 atom stereocenters. The van der Waals surface area contributed by atoms with E-state index >= 15 is 0 Å². The second-order valence-corrected chi connectivity index (χ2v) is 8.96. The highest BCUT2D eigenvalue weighted by Gasteiger charge is 2.35. The maximum atomic E-state index is 12.8. The average Bonchev–Trinajstić information content (AvgIpc) is 2.76. The van der Waals surface area contributed by atoms with Gasteiger partial charge < -0.3 is 16.4 Å². The summed E-state index contributed by atoms with van der Waals surface area (Å²) in [6, 6.07) is 12.6. The zero-order chi connectivity index (χ0) is 22.5. The fourth-order valence-electron chi connectivity index (χ4n) is 4.68. The lowest BCUT2D eigenvalue weighted by Crippen LogP contribution is -2.42.